The molecule has 1 aliphatic carbocycles. The van der Waals surface area contributed by atoms with Gasteiger partial charge in [0.2, 0.25) is 0 Å². The average molecular weight is 370 g/mol. The molecule has 1 unspecified atom stereocenters. The molecule has 0 aliphatic heterocycles. The number of hydrogen-bond donors (Lipinski definition) is 1. The van der Waals surface area contributed by atoms with Crippen LogP contribution in [0.1, 0.15) is 86.4 Å². The number of furan rings is 1. The summed E-state index contributed by atoms with van der Waals surface area (Å²) in [5.74, 6) is 2.11. The zero-order chi connectivity index (χ0) is 19.6. The van der Waals surface area contributed by atoms with Crippen LogP contribution in [0.25, 0.3) is 0 Å². The Bertz CT molecular complexity index is 774. The number of rotatable bonds is 5. The number of ether oxygens (including phenoxy) is 1. The van der Waals surface area contributed by atoms with Gasteiger partial charge in [0.05, 0.1) is 5.56 Å². The first-order chi connectivity index (χ1) is 12.8. The van der Waals surface area contributed by atoms with Crippen molar-refractivity contribution in [2.75, 3.05) is 0 Å². The summed E-state index contributed by atoms with van der Waals surface area (Å²) in [6, 6.07) is 8.84. The Hall–Kier alpha value is -2.23. The van der Waals surface area contributed by atoms with Crippen LogP contribution in [-0.2, 0) is 5.41 Å². The molecule has 0 bridgehead atoms. The molecule has 146 valence electrons. The molecule has 1 heterocycles. The fourth-order valence-corrected chi connectivity index (χ4v) is 3.82. The number of carbonyl (C=O) groups is 1. The summed E-state index contributed by atoms with van der Waals surface area (Å²) in [5, 5.41) is 9.10. The normalized spacial score (nSPS) is 16.9. The molecule has 27 heavy (non-hydrogen) atoms. The van der Waals surface area contributed by atoms with Crippen molar-refractivity contribution in [2.24, 2.45) is 5.92 Å². The lowest BCUT2D eigenvalue weighted by atomic mass is 9.82. The van der Waals surface area contributed by atoms with Gasteiger partial charge in [-0.25, -0.2) is 4.79 Å². The lowest BCUT2D eigenvalue weighted by Crippen LogP contribution is -2.22. The van der Waals surface area contributed by atoms with Crippen molar-refractivity contribution >= 4 is 5.97 Å². The molecule has 1 aromatic carbocycles. The first-order valence-corrected chi connectivity index (χ1v) is 9.86. The molecule has 1 fully saturated rings. The Morgan fingerprint density at radius 1 is 1.15 bits per heavy atom. The summed E-state index contributed by atoms with van der Waals surface area (Å²) in [6.07, 6.45) is 5.96. The van der Waals surface area contributed by atoms with Gasteiger partial charge in [0, 0.05) is 16.9 Å². The van der Waals surface area contributed by atoms with Gasteiger partial charge >= 0.3 is 5.97 Å². The fourth-order valence-electron chi connectivity index (χ4n) is 3.82. The monoisotopic (exact) mass is 370 g/mol. The quantitative estimate of drug-likeness (QED) is 0.672. The highest BCUT2D eigenvalue weighted by Gasteiger charge is 2.31. The molecule has 1 aromatic heterocycles. The van der Waals surface area contributed by atoms with Crippen molar-refractivity contribution in [1.29, 1.82) is 0 Å². The highest BCUT2D eigenvalue weighted by molar-refractivity contribution is 5.87. The van der Waals surface area contributed by atoms with Gasteiger partial charge in [-0.2, -0.15) is 0 Å². The number of carboxylic acids is 1. The number of aryl methyl sites for hydroxylation is 1. The lowest BCUT2D eigenvalue weighted by molar-refractivity contribution is 0.0696. The molecule has 0 saturated heterocycles. The Morgan fingerprint density at radius 2 is 1.78 bits per heavy atom. The number of carboxylic acid groups (broad SMARTS) is 1. The number of hydrogen-bond acceptors (Lipinski definition) is 3. The van der Waals surface area contributed by atoms with Crippen molar-refractivity contribution in [1.82, 2.24) is 0 Å². The maximum Gasteiger partial charge on any atom is 0.335 e. The zero-order valence-corrected chi connectivity index (χ0v) is 16.7. The highest BCUT2D eigenvalue weighted by atomic mass is 16.5. The van der Waals surface area contributed by atoms with Gasteiger partial charge in [-0.15, -0.1) is 0 Å². The first kappa shape index (κ1) is 19.5. The van der Waals surface area contributed by atoms with E-state index < -0.39 is 5.97 Å². The molecule has 2 aromatic rings. The Morgan fingerprint density at radius 3 is 2.30 bits per heavy atom. The number of benzene rings is 1. The lowest BCUT2D eigenvalue weighted by Gasteiger charge is -2.30. The molecular weight excluding hydrogens is 340 g/mol. The Kier molecular flexibility index (Phi) is 5.64. The largest absolute Gasteiger partial charge is 0.485 e. The van der Waals surface area contributed by atoms with Gasteiger partial charge in [0.15, 0.2) is 0 Å². The molecule has 1 saturated carbocycles. The highest BCUT2D eigenvalue weighted by Crippen LogP contribution is 2.41. The summed E-state index contributed by atoms with van der Waals surface area (Å²) in [6.45, 7) is 8.46. The third-order valence-corrected chi connectivity index (χ3v) is 5.44. The van der Waals surface area contributed by atoms with E-state index in [0.717, 1.165) is 29.9 Å². The van der Waals surface area contributed by atoms with E-state index in [1.54, 1.807) is 24.3 Å². The summed E-state index contributed by atoms with van der Waals surface area (Å²) in [4.78, 5) is 11.1. The van der Waals surface area contributed by atoms with Crippen LogP contribution in [-0.4, -0.2) is 11.1 Å². The predicted octanol–water partition coefficient (Wildman–Crippen LogP) is 6.28. The van der Waals surface area contributed by atoms with Crippen molar-refractivity contribution in [3.63, 3.8) is 0 Å². The molecule has 0 radical (unpaired) electrons. The van der Waals surface area contributed by atoms with Crippen LogP contribution in [0.4, 0.5) is 0 Å². The first-order valence-electron chi connectivity index (χ1n) is 9.86. The van der Waals surface area contributed by atoms with Gasteiger partial charge in [0.1, 0.15) is 23.4 Å². The van der Waals surface area contributed by atoms with Gasteiger partial charge in [0.25, 0.3) is 0 Å². The summed E-state index contributed by atoms with van der Waals surface area (Å²) in [7, 11) is 0. The molecule has 0 spiro atoms. The zero-order valence-electron chi connectivity index (χ0n) is 16.7. The molecule has 1 aliphatic rings. The average Bonchev–Trinajstić information content (AvgIpc) is 3.03. The van der Waals surface area contributed by atoms with Crippen molar-refractivity contribution in [2.45, 2.75) is 71.3 Å². The standard InChI is InChI=1S/C23H30O4/c1-15-19(14-20(26-15)23(2,3)4)21(16-8-6-5-7-9-16)27-18-12-10-17(11-13-18)22(24)25/h10-14,16,21H,5-9H2,1-4H3,(H,24,25). The van der Waals surface area contributed by atoms with Crippen molar-refractivity contribution in [3.05, 3.63) is 53.0 Å². The molecule has 3 rings (SSSR count). The van der Waals surface area contributed by atoms with E-state index >= 15 is 0 Å². The van der Waals surface area contributed by atoms with Gasteiger partial charge in [-0.1, -0.05) is 40.0 Å². The van der Waals surface area contributed by atoms with Gasteiger partial charge in [-0.05, 0) is 50.1 Å². The Labute approximate surface area is 161 Å². The fraction of sp³-hybridized carbons (Fsp3) is 0.522. The van der Waals surface area contributed by atoms with E-state index in [1.165, 1.54) is 19.3 Å². The SMILES string of the molecule is Cc1oc(C(C)(C)C)cc1C(Oc1ccc(C(=O)O)cc1)C1CCCCC1. The van der Waals surface area contributed by atoms with Crippen molar-refractivity contribution in [3.8, 4) is 5.75 Å². The summed E-state index contributed by atoms with van der Waals surface area (Å²) in [5.41, 5.74) is 1.34. The predicted molar refractivity (Wildman–Crippen MR) is 105 cm³/mol. The smallest absolute Gasteiger partial charge is 0.335 e. The van der Waals surface area contributed by atoms with Crippen LogP contribution in [0.2, 0.25) is 0 Å². The van der Waals surface area contributed by atoms with Gasteiger partial charge in [-0.3, -0.25) is 0 Å². The van der Waals surface area contributed by atoms with E-state index in [9.17, 15) is 4.79 Å². The minimum absolute atomic E-state index is 0.0523. The third kappa shape index (κ3) is 4.55. The van der Waals surface area contributed by atoms with Crippen molar-refractivity contribution < 1.29 is 19.1 Å². The topological polar surface area (TPSA) is 59.7 Å². The van der Waals surface area contributed by atoms with E-state index in [2.05, 4.69) is 26.8 Å². The van der Waals surface area contributed by atoms with E-state index in [1.807, 2.05) is 6.92 Å². The molecule has 1 N–H and O–H groups in total. The van der Waals surface area contributed by atoms with Crippen LogP contribution < -0.4 is 4.74 Å². The molecular formula is C23H30O4. The van der Waals surface area contributed by atoms with Crippen LogP contribution >= 0.6 is 0 Å². The van der Waals surface area contributed by atoms with Crippen LogP contribution in [0.15, 0.2) is 34.7 Å². The second-order valence-electron chi connectivity index (χ2n) is 8.64. The molecule has 0 amide bonds. The maximum atomic E-state index is 11.1. The van der Waals surface area contributed by atoms with Crippen LogP contribution in [0.5, 0.6) is 5.75 Å². The van der Waals surface area contributed by atoms with Crippen LogP contribution in [0, 0.1) is 12.8 Å². The molecule has 1 atom stereocenters. The Balaban J connectivity index is 1.91. The molecule has 4 nitrogen and oxygen atoms in total. The molecule has 4 heteroatoms. The second kappa shape index (κ2) is 7.79. The minimum Gasteiger partial charge on any atom is -0.485 e. The van der Waals surface area contributed by atoms with Gasteiger partial charge < -0.3 is 14.3 Å². The summed E-state index contributed by atoms with van der Waals surface area (Å²) < 4.78 is 12.5. The third-order valence-electron chi connectivity index (χ3n) is 5.44. The van der Waals surface area contributed by atoms with Crippen LogP contribution in [0.3, 0.4) is 0 Å². The summed E-state index contributed by atoms with van der Waals surface area (Å²) >= 11 is 0. The van der Waals surface area contributed by atoms with E-state index in [4.69, 9.17) is 14.3 Å². The maximum absolute atomic E-state index is 11.1. The number of aromatic carboxylic acids is 1. The van der Waals surface area contributed by atoms with E-state index in [0.29, 0.717) is 11.7 Å². The second-order valence-corrected chi connectivity index (χ2v) is 8.64. The minimum atomic E-state index is -0.925. The van der Waals surface area contributed by atoms with E-state index in [-0.39, 0.29) is 17.1 Å².